The van der Waals surface area contributed by atoms with Gasteiger partial charge >= 0.3 is 6.18 Å². The Morgan fingerprint density at radius 1 is 1.03 bits per heavy atom. The van der Waals surface area contributed by atoms with Crippen molar-refractivity contribution in [2.24, 2.45) is 5.92 Å². The van der Waals surface area contributed by atoms with Gasteiger partial charge < -0.3 is 10.2 Å². The summed E-state index contributed by atoms with van der Waals surface area (Å²) in [4.78, 5) is 6.25. The molecule has 4 heterocycles. The summed E-state index contributed by atoms with van der Waals surface area (Å²) in [6.45, 7) is 1.52. The van der Waals surface area contributed by atoms with Crippen LogP contribution >= 0.6 is 0 Å². The molecule has 5 nitrogen and oxygen atoms in total. The molecule has 6 rings (SSSR count). The van der Waals surface area contributed by atoms with Crippen LogP contribution in [0.4, 0.5) is 32.3 Å². The molecule has 2 aromatic heterocycles. The summed E-state index contributed by atoms with van der Waals surface area (Å²) in [7, 11) is 0. The number of halogens is 6. The molecule has 2 saturated heterocycles. The van der Waals surface area contributed by atoms with Crippen LogP contribution in [0.3, 0.4) is 0 Å². The number of alkyl halides is 3. The van der Waals surface area contributed by atoms with Crippen LogP contribution in [0.25, 0.3) is 16.8 Å². The minimum atomic E-state index is -4.74. The van der Waals surface area contributed by atoms with E-state index in [9.17, 15) is 26.3 Å². The molecule has 1 saturated carbocycles. The third-order valence-corrected chi connectivity index (χ3v) is 6.78. The lowest BCUT2D eigenvalue weighted by atomic mass is 10.0. The third kappa shape index (κ3) is 2.43. The molecule has 0 amide bonds. The van der Waals surface area contributed by atoms with E-state index in [1.807, 2.05) is 4.90 Å². The second-order valence-electron chi connectivity index (χ2n) is 8.35. The first-order valence-electron chi connectivity index (χ1n) is 9.83. The highest BCUT2D eigenvalue weighted by Crippen LogP contribution is 2.58. The molecule has 0 unspecified atom stereocenters. The summed E-state index contributed by atoms with van der Waals surface area (Å²) in [5.41, 5.74) is -2.05. The first kappa shape index (κ1) is 18.9. The van der Waals surface area contributed by atoms with Crippen molar-refractivity contribution in [3.63, 3.8) is 0 Å². The van der Waals surface area contributed by atoms with Crippen molar-refractivity contribution in [1.82, 2.24) is 19.9 Å². The smallest absolute Gasteiger partial charge is 0.325 e. The van der Waals surface area contributed by atoms with Gasteiger partial charge in [0.2, 0.25) is 5.95 Å². The largest absolute Gasteiger partial charge is 0.433 e. The number of nitrogens with zero attached hydrogens (tertiary/aromatic N) is 4. The van der Waals surface area contributed by atoms with Crippen molar-refractivity contribution < 1.29 is 26.3 Å². The number of hydrogen-bond acceptors (Lipinski definition) is 4. The third-order valence-electron chi connectivity index (χ3n) is 6.78. The summed E-state index contributed by atoms with van der Waals surface area (Å²) < 4.78 is 83.1. The van der Waals surface area contributed by atoms with Crippen LogP contribution in [0.5, 0.6) is 0 Å². The molecule has 3 aromatic rings. The number of nitrogens with one attached hydrogen (secondary N) is 1. The predicted molar refractivity (Wildman–Crippen MR) is 97.9 cm³/mol. The molecule has 1 N–H and O–H groups in total. The molecule has 0 radical (unpaired) electrons. The van der Waals surface area contributed by atoms with Gasteiger partial charge in [-0.1, -0.05) is 0 Å². The summed E-state index contributed by atoms with van der Waals surface area (Å²) in [5, 5.41) is 7.47. The lowest BCUT2D eigenvalue weighted by Gasteiger charge is -2.14. The molecule has 2 aliphatic heterocycles. The van der Waals surface area contributed by atoms with E-state index in [0.717, 1.165) is 43.7 Å². The maximum absolute atomic E-state index is 14.4. The van der Waals surface area contributed by atoms with Gasteiger partial charge in [-0.05, 0) is 43.0 Å². The summed E-state index contributed by atoms with van der Waals surface area (Å²) in [5.74, 6) is -4.09. The second-order valence-corrected chi connectivity index (χ2v) is 8.35. The van der Waals surface area contributed by atoms with E-state index in [1.54, 1.807) is 0 Å². The minimum absolute atomic E-state index is 0.103. The number of fused-ring (bicyclic) bond motifs is 1. The van der Waals surface area contributed by atoms with Gasteiger partial charge in [0.15, 0.2) is 23.1 Å². The average Bonchev–Trinajstić information content (AvgIpc) is 3.11. The van der Waals surface area contributed by atoms with Crippen LogP contribution in [0.2, 0.25) is 0 Å². The zero-order valence-corrected chi connectivity index (χ0v) is 15.8. The van der Waals surface area contributed by atoms with Crippen molar-refractivity contribution >= 4 is 11.6 Å². The number of anilines is 1. The SMILES string of the molecule is Fc1ccc(-c2ccc(C(F)(F)F)n3nc(N4[C@H]5[C@H]6CC[C@]54CNC6)nc23)c(F)c1F. The second kappa shape index (κ2) is 5.90. The Balaban J connectivity index is 1.55. The molecule has 31 heavy (non-hydrogen) atoms. The van der Waals surface area contributed by atoms with E-state index < -0.39 is 29.3 Å². The Morgan fingerprint density at radius 2 is 1.81 bits per heavy atom. The molecule has 2 bridgehead atoms. The van der Waals surface area contributed by atoms with Crippen molar-refractivity contribution in [3.05, 3.63) is 47.4 Å². The van der Waals surface area contributed by atoms with E-state index in [4.69, 9.17) is 0 Å². The van der Waals surface area contributed by atoms with Gasteiger partial charge in [-0.2, -0.15) is 18.2 Å². The summed E-state index contributed by atoms with van der Waals surface area (Å²) in [6, 6.07) is 3.61. The highest BCUT2D eigenvalue weighted by molar-refractivity contribution is 5.79. The van der Waals surface area contributed by atoms with E-state index in [0.29, 0.717) is 17.0 Å². The molecule has 3 aliphatic rings. The van der Waals surface area contributed by atoms with Crippen LogP contribution in [0, 0.1) is 23.4 Å². The number of aromatic nitrogens is 3. The first-order chi connectivity index (χ1) is 14.7. The lowest BCUT2D eigenvalue weighted by Crippen LogP contribution is -2.37. The number of benzene rings is 1. The van der Waals surface area contributed by atoms with Crippen molar-refractivity contribution in [2.45, 2.75) is 30.6 Å². The van der Waals surface area contributed by atoms with Crippen molar-refractivity contribution in [2.75, 3.05) is 18.0 Å². The Bertz CT molecular complexity index is 1230. The zero-order valence-electron chi connectivity index (χ0n) is 15.8. The summed E-state index contributed by atoms with van der Waals surface area (Å²) in [6.07, 6.45) is -2.82. The fourth-order valence-electron chi connectivity index (χ4n) is 5.41. The average molecular weight is 439 g/mol. The Labute approximate surface area is 171 Å². The van der Waals surface area contributed by atoms with Gasteiger partial charge in [0.05, 0.1) is 11.6 Å². The zero-order chi connectivity index (χ0) is 21.7. The van der Waals surface area contributed by atoms with Gasteiger partial charge in [-0.25, -0.2) is 17.7 Å². The molecule has 0 spiro atoms. The van der Waals surface area contributed by atoms with Crippen LogP contribution in [0.15, 0.2) is 24.3 Å². The molecular weight excluding hydrogens is 424 g/mol. The van der Waals surface area contributed by atoms with Crippen molar-refractivity contribution in [1.29, 1.82) is 0 Å². The lowest BCUT2D eigenvalue weighted by molar-refractivity contribution is -0.142. The Morgan fingerprint density at radius 3 is 2.55 bits per heavy atom. The quantitative estimate of drug-likeness (QED) is 0.375. The van der Waals surface area contributed by atoms with E-state index in [2.05, 4.69) is 15.4 Å². The van der Waals surface area contributed by atoms with Gasteiger partial charge in [0.1, 0.15) is 5.69 Å². The Kier molecular flexibility index (Phi) is 3.60. The maximum Gasteiger partial charge on any atom is 0.433 e. The molecular formula is C20H15F6N5. The van der Waals surface area contributed by atoms with Crippen LogP contribution in [-0.4, -0.2) is 39.3 Å². The van der Waals surface area contributed by atoms with Crippen LogP contribution < -0.4 is 10.2 Å². The van der Waals surface area contributed by atoms with Gasteiger partial charge in [-0.3, -0.25) is 0 Å². The van der Waals surface area contributed by atoms with Crippen LogP contribution in [-0.2, 0) is 6.18 Å². The fraction of sp³-hybridized carbons (Fsp3) is 0.400. The number of rotatable bonds is 2. The summed E-state index contributed by atoms with van der Waals surface area (Å²) >= 11 is 0. The van der Waals surface area contributed by atoms with Crippen molar-refractivity contribution in [3.8, 4) is 11.1 Å². The van der Waals surface area contributed by atoms with Gasteiger partial charge in [0.25, 0.3) is 0 Å². The fourth-order valence-corrected chi connectivity index (χ4v) is 5.41. The van der Waals surface area contributed by atoms with Gasteiger partial charge in [0, 0.05) is 24.2 Å². The normalized spacial score (nSPS) is 27.1. The molecule has 3 fully saturated rings. The highest BCUT2D eigenvalue weighted by atomic mass is 19.4. The van der Waals surface area contributed by atoms with E-state index in [1.165, 1.54) is 0 Å². The van der Waals surface area contributed by atoms with Gasteiger partial charge in [-0.15, -0.1) is 5.10 Å². The highest BCUT2D eigenvalue weighted by Gasteiger charge is 2.71. The molecule has 1 aromatic carbocycles. The first-order valence-corrected chi connectivity index (χ1v) is 9.83. The van der Waals surface area contributed by atoms with E-state index >= 15 is 0 Å². The maximum atomic E-state index is 14.4. The van der Waals surface area contributed by atoms with E-state index in [-0.39, 0.29) is 34.3 Å². The molecule has 162 valence electrons. The molecule has 11 heteroatoms. The number of pyridine rings is 1. The predicted octanol–water partition coefficient (Wildman–Crippen LogP) is 3.77. The topological polar surface area (TPSA) is 45.2 Å². The molecule has 3 atom stereocenters. The van der Waals surface area contributed by atoms with Crippen LogP contribution in [0.1, 0.15) is 18.5 Å². The minimum Gasteiger partial charge on any atom is -0.325 e. The number of hydrogen-bond donors (Lipinski definition) is 1. The standard InChI is InChI=1S/C20H15F6N5/c21-12-3-1-10(14(22)15(12)23)11-2-4-13(20(24,25)26)31-17(11)28-18(29-31)30-16-9-5-6-19(16,30)8-27-7-9/h1-4,9,16,27H,5-8H2/t9-,16-,19-,30?/m0/s1. The molecule has 1 aliphatic carbocycles. The number of piperidine rings is 2. The monoisotopic (exact) mass is 439 g/mol. The Hall–Kier alpha value is -2.82.